The molecule has 1 rings (SSSR count). The van der Waals surface area contributed by atoms with Gasteiger partial charge in [0.15, 0.2) is 0 Å². The molecule has 0 saturated carbocycles. The average molecular weight is 371 g/mol. The summed E-state index contributed by atoms with van der Waals surface area (Å²) < 4.78 is 31.0. The van der Waals surface area contributed by atoms with Crippen molar-refractivity contribution in [2.24, 2.45) is 0 Å². The van der Waals surface area contributed by atoms with Crippen LogP contribution in [0.5, 0.6) is 5.75 Å². The fourth-order valence-electron chi connectivity index (χ4n) is 3.07. The number of hydrogen-bond donors (Lipinski definition) is 2. The lowest BCUT2D eigenvalue weighted by Gasteiger charge is -2.06. The molecule has 0 amide bonds. The van der Waals surface area contributed by atoms with Gasteiger partial charge in [-0.2, -0.15) is 8.42 Å². The summed E-state index contributed by atoms with van der Waals surface area (Å²) in [7, 11) is -4.25. The van der Waals surface area contributed by atoms with Crippen LogP contribution < -0.4 is 0 Å². The van der Waals surface area contributed by atoms with Gasteiger partial charge in [-0.05, 0) is 24.5 Å². The highest BCUT2D eigenvalue weighted by molar-refractivity contribution is 7.85. The van der Waals surface area contributed by atoms with E-state index in [1.165, 1.54) is 70.3 Å². The van der Waals surface area contributed by atoms with Gasteiger partial charge < -0.3 is 5.11 Å². The molecule has 0 saturated heterocycles. The fourth-order valence-corrected chi connectivity index (χ4v) is 3.57. The second-order valence-electron chi connectivity index (χ2n) is 6.90. The van der Waals surface area contributed by atoms with E-state index in [0.717, 1.165) is 30.9 Å². The summed E-state index contributed by atoms with van der Waals surface area (Å²) in [5, 5.41) is 9.86. The first-order chi connectivity index (χ1) is 11.9. The topological polar surface area (TPSA) is 74.6 Å². The summed E-state index contributed by atoms with van der Waals surface area (Å²) in [4.78, 5) is -0.261. The minimum absolute atomic E-state index is 0.0572. The third-order valence-corrected chi connectivity index (χ3v) is 5.50. The smallest absolute Gasteiger partial charge is 0.294 e. The van der Waals surface area contributed by atoms with E-state index in [9.17, 15) is 13.5 Å². The number of benzene rings is 1. The van der Waals surface area contributed by atoms with E-state index in [2.05, 4.69) is 6.92 Å². The van der Waals surface area contributed by atoms with Crippen molar-refractivity contribution >= 4 is 10.1 Å². The number of hydrogen-bond acceptors (Lipinski definition) is 3. The van der Waals surface area contributed by atoms with Crippen LogP contribution in [0.3, 0.4) is 0 Å². The molecule has 1 aromatic carbocycles. The Morgan fingerprint density at radius 1 is 0.800 bits per heavy atom. The molecule has 5 heteroatoms. The van der Waals surface area contributed by atoms with Crippen molar-refractivity contribution in [2.45, 2.75) is 95.3 Å². The highest BCUT2D eigenvalue weighted by atomic mass is 32.2. The molecule has 0 radical (unpaired) electrons. The van der Waals surface area contributed by atoms with Crippen LogP contribution in [0.4, 0.5) is 0 Å². The lowest BCUT2D eigenvalue weighted by molar-refractivity contribution is 0.459. The van der Waals surface area contributed by atoms with Crippen LogP contribution in [0.1, 0.15) is 89.5 Å². The van der Waals surface area contributed by atoms with E-state index in [4.69, 9.17) is 4.55 Å². The van der Waals surface area contributed by atoms with Crippen molar-refractivity contribution in [1.29, 1.82) is 0 Å². The van der Waals surface area contributed by atoms with Gasteiger partial charge in [0.25, 0.3) is 10.1 Å². The van der Waals surface area contributed by atoms with Crippen LogP contribution >= 0.6 is 0 Å². The zero-order chi connectivity index (χ0) is 18.5. The maximum absolute atomic E-state index is 11.0. The number of phenols is 1. The first-order valence-electron chi connectivity index (χ1n) is 9.74. The standard InChI is InChI=1S/C20H34O4S/c1-2-3-4-5-6-7-8-9-10-11-12-13-14-18-15-16-19(17-20(18)21)25(22,23)24/h15-17,21H,2-14H2,1H3,(H,22,23,24). The average Bonchev–Trinajstić information content (AvgIpc) is 2.56. The quantitative estimate of drug-likeness (QED) is 0.317. The Kier molecular flexibility index (Phi) is 10.8. The molecule has 0 aliphatic carbocycles. The molecule has 25 heavy (non-hydrogen) atoms. The van der Waals surface area contributed by atoms with Crippen LogP contribution in [-0.2, 0) is 16.5 Å². The number of rotatable bonds is 14. The Morgan fingerprint density at radius 2 is 1.28 bits per heavy atom. The molecule has 0 heterocycles. The summed E-state index contributed by atoms with van der Waals surface area (Å²) in [6.07, 6.45) is 16.1. The SMILES string of the molecule is CCCCCCCCCCCCCCc1ccc(S(=O)(=O)O)cc1O. The number of aromatic hydroxyl groups is 1. The Labute approximate surface area is 153 Å². The van der Waals surface area contributed by atoms with E-state index in [-0.39, 0.29) is 10.6 Å². The molecule has 2 N–H and O–H groups in total. The van der Waals surface area contributed by atoms with E-state index in [0.29, 0.717) is 0 Å². The molecule has 0 aliphatic heterocycles. The van der Waals surface area contributed by atoms with Gasteiger partial charge >= 0.3 is 0 Å². The van der Waals surface area contributed by atoms with Gasteiger partial charge in [-0.1, -0.05) is 83.6 Å². The number of aryl methyl sites for hydroxylation is 1. The van der Waals surface area contributed by atoms with Gasteiger partial charge in [0, 0.05) is 6.07 Å². The van der Waals surface area contributed by atoms with E-state index in [1.807, 2.05) is 0 Å². The number of phenolic OH excluding ortho intramolecular Hbond substituents is 1. The highest BCUT2D eigenvalue weighted by Crippen LogP contribution is 2.23. The monoisotopic (exact) mass is 370 g/mol. The highest BCUT2D eigenvalue weighted by Gasteiger charge is 2.12. The van der Waals surface area contributed by atoms with Crippen LogP contribution in [0, 0.1) is 0 Å². The Hall–Kier alpha value is -1.07. The van der Waals surface area contributed by atoms with Gasteiger partial charge in [0.2, 0.25) is 0 Å². The van der Waals surface area contributed by atoms with Gasteiger partial charge in [-0.15, -0.1) is 0 Å². The third kappa shape index (κ3) is 9.85. The van der Waals surface area contributed by atoms with Crippen LogP contribution in [0.25, 0.3) is 0 Å². The zero-order valence-corrected chi connectivity index (χ0v) is 16.4. The molecule has 144 valence electrons. The summed E-state index contributed by atoms with van der Waals surface area (Å²) in [5.41, 5.74) is 0.736. The first-order valence-corrected chi connectivity index (χ1v) is 11.2. The molecule has 0 fully saturated rings. The zero-order valence-electron chi connectivity index (χ0n) is 15.5. The van der Waals surface area contributed by atoms with Crippen molar-refractivity contribution in [3.05, 3.63) is 23.8 Å². The van der Waals surface area contributed by atoms with Crippen molar-refractivity contribution in [3.63, 3.8) is 0 Å². The molecule has 4 nitrogen and oxygen atoms in total. The molecule has 1 aromatic rings. The van der Waals surface area contributed by atoms with E-state index < -0.39 is 10.1 Å². The van der Waals surface area contributed by atoms with Crippen molar-refractivity contribution in [2.75, 3.05) is 0 Å². The van der Waals surface area contributed by atoms with Crippen LogP contribution in [0.15, 0.2) is 23.1 Å². The van der Waals surface area contributed by atoms with Crippen molar-refractivity contribution in [3.8, 4) is 5.75 Å². The second-order valence-corrected chi connectivity index (χ2v) is 8.33. The lowest BCUT2D eigenvalue weighted by atomic mass is 10.0. The van der Waals surface area contributed by atoms with E-state index >= 15 is 0 Å². The maximum atomic E-state index is 11.0. The van der Waals surface area contributed by atoms with Crippen molar-refractivity contribution in [1.82, 2.24) is 0 Å². The minimum Gasteiger partial charge on any atom is -0.508 e. The van der Waals surface area contributed by atoms with Gasteiger partial charge in [0.05, 0.1) is 4.90 Å². The molecule has 0 aromatic heterocycles. The minimum atomic E-state index is -4.25. The van der Waals surface area contributed by atoms with Crippen LogP contribution in [0.2, 0.25) is 0 Å². The third-order valence-electron chi connectivity index (χ3n) is 4.65. The van der Waals surface area contributed by atoms with Gasteiger partial charge in [0.1, 0.15) is 5.75 Å². The molecular weight excluding hydrogens is 336 g/mol. The maximum Gasteiger partial charge on any atom is 0.294 e. The molecule has 0 bridgehead atoms. The second kappa shape index (κ2) is 12.3. The van der Waals surface area contributed by atoms with Crippen LogP contribution in [-0.4, -0.2) is 18.1 Å². The molecule has 0 aliphatic rings. The van der Waals surface area contributed by atoms with Gasteiger partial charge in [-0.25, -0.2) is 0 Å². The first kappa shape index (κ1) is 22.0. The molecule has 0 spiro atoms. The Morgan fingerprint density at radius 3 is 1.72 bits per heavy atom. The normalized spacial score (nSPS) is 11.8. The van der Waals surface area contributed by atoms with Crippen molar-refractivity contribution < 1.29 is 18.1 Å². The molecular formula is C20H34O4S. The number of unbranched alkanes of at least 4 members (excludes halogenated alkanes) is 11. The lowest BCUT2D eigenvalue weighted by Crippen LogP contribution is -1.98. The Balaban J connectivity index is 2.07. The fraction of sp³-hybridized carbons (Fsp3) is 0.700. The predicted molar refractivity (Wildman–Crippen MR) is 103 cm³/mol. The summed E-state index contributed by atoms with van der Waals surface area (Å²) >= 11 is 0. The molecule has 0 unspecified atom stereocenters. The predicted octanol–water partition coefficient (Wildman–Crippen LogP) is 5.88. The summed E-state index contributed by atoms with van der Waals surface area (Å²) in [5.74, 6) is -0.0572. The molecule has 0 atom stereocenters. The summed E-state index contributed by atoms with van der Waals surface area (Å²) in [6.45, 7) is 2.25. The van der Waals surface area contributed by atoms with E-state index in [1.54, 1.807) is 6.07 Å². The summed E-state index contributed by atoms with van der Waals surface area (Å²) in [6, 6.07) is 4.03. The Bertz CT molecular complexity index is 581. The largest absolute Gasteiger partial charge is 0.508 e. The van der Waals surface area contributed by atoms with Gasteiger partial charge in [-0.3, -0.25) is 4.55 Å².